The topological polar surface area (TPSA) is 87.2 Å². The largest absolute Gasteiger partial charge is 0.307 e. The van der Waals surface area contributed by atoms with Crippen LogP contribution in [-0.2, 0) is 5.41 Å². The van der Waals surface area contributed by atoms with Gasteiger partial charge in [0, 0.05) is 60.8 Å². The lowest BCUT2D eigenvalue weighted by molar-refractivity contribution is 0.660. The zero-order chi connectivity index (χ0) is 47.2. The standard InChI is InChI=1S/C63H44N8/c1-63(2)51-30-15-12-27-45(51)46-34-33-43(38-52(46)63)61-67-59(41-23-10-5-11-24-41)68-62(69-61)71-54-32-17-14-29-48(54)50-36-35-49-47-28-13-16-31-53(47)70(55(49)56(50)71)44-26-18-25-42(37-44)60-65-57(39-19-6-3-7-20-39)64-58(66-60)40-21-8-4-9-22-40/h3-23,25-38,41H,24H2,1-2H3. The van der Waals surface area contributed by atoms with E-state index in [2.05, 4.69) is 175 Å². The third-order valence-electron chi connectivity index (χ3n) is 14.5. The first-order valence-corrected chi connectivity index (χ1v) is 24.2. The van der Waals surface area contributed by atoms with Gasteiger partial charge in [-0.3, -0.25) is 4.57 Å². The normalized spacial score (nSPS) is 14.7. The van der Waals surface area contributed by atoms with Gasteiger partial charge in [0.15, 0.2) is 23.3 Å². The van der Waals surface area contributed by atoms with Crippen LogP contribution in [0.3, 0.4) is 0 Å². The Hall–Kier alpha value is -9.14. The second-order valence-electron chi connectivity index (χ2n) is 19.1. The quantitative estimate of drug-likeness (QED) is 0.158. The van der Waals surface area contributed by atoms with Gasteiger partial charge in [-0.25, -0.2) is 19.9 Å². The molecule has 4 heterocycles. The predicted molar refractivity (Wildman–Crippen MR) is 287 cm³/mol. The summed E-state index contributed by atoms with van der Waals surface area (Å²) in [5.41, 5.74) is 13.8. The smallest absolute Gasteiger partial charge is 0.238 e. The molecule has 2 aliphatic rings. The summed E-state index contributed by atoms with van der Waals surface area (Å²) in [6.07, 6.45) is 9.40. The van der Waals surface area contributed by atoms with E-state index in [1.807, 2.05) is 60.7 Å². The highest BCUT2D eigenvalue weighted by Crippen LogP contribution is 2.50. The van der Waals surface area contributed by atoms with Gasteiger partial charge in [-0.2, -0.15) is 9.97 Å². The van der Waals surface area contributed by atoms with Crippen molar-refractivity contribution in [3.8, 4) is 68.3 Å². The van der Waals surface area contributed by atoms with Crippen LogP contribution >= 0.6 is 0 Å². The minimum absolute atomic E-state index is 0.0156. The highest BCUT2D eigenvalue weighted by molar-refractivity contribution is 6.23. The molecule has 2 aliphatic carbocycles. The van der Waals surface area contributed by atoms with Crippen molar-refractivity contribution in [3.05, 3.63) is 229 Å². The molecule has 0 saturated heterocycles. The molecule has 0 bridgehead atoms. The van der Waals surface area contributed by atoms with Crippen molar-refractivity contribution in [1.29, 1.82) is 0 Å². The van der Waals surface area contributed by atoms with Crippen molar-refractivity contribution in [2.24, 2.45) is 0 Å². The number of hydrogen-bond donors (Lipinski definition) is 0. The molecule has 0 aliphatic heterocycles. The lowest BCUT2D eigenvalue weighted by Gasteiger charge is -2.22. The molecule has 0 amide bonds. The van der Waals surface area contributed by atoms with E-state index in [9.17, 15) is 0 Å². The Morgan fingerprint density at radius 1 is 0.423 bits per heavy atom. The maximum absolute atomic E-state index is 5.51. The highest BCUT2D eigenvalue weighted by atomic mass is 15.2. The Labute approximate surface area is 410 Å². The molecule has 8 nitrogen and oxygen atoms in total. The van der Waals surface area contributed by atoms with E-state index in [1.165, 1.54) is 22.3 Å². The highest BCUT2D eigenvalue weighted by Gasteiger charge is 2.36. The van der Waals surface area contributed by atoms with Crippen molar-refractivity contribution >= 4 is 43.6 Å². The van der Waals surface area contributed by atoms with Gasteiger partial charge in [0.2, 0.25) is 5.95 Å². The Morgan fingerprint density at radius 3 is 1.68 bits per heavy atom. The van der Waals surface area contributed by atoms with Crippen molar-refractivity contribution in [2.45, 2.75) is 31.6 Å². The molecule has 4 aromatic heterocycles. The number of nitrogens with zero attached hydrogens (tertiary/aromatic N) is 8. The second kappa shape index (κ2) is 16.0. The Morgan fingerprint density at radius 2 is 0.986 bits per heavy atom. The zero-order valence-corrected chi connectivity index (χ0v) is 39.1. The maximum Gasteiger partial charge on any atom is 0.238 e. The van der Waals surface area contributed by atoms with Crippen LogP contribution in [0.5, 0.6) is 0 Å². The maximum atomic E-state index is 5.51. The first-order valence-electron chi connectivity index (χ1n) is 24.2. The van der Waals surface area contributed by atoms with Gasteiger partial charge in [0.25, 0.3) is 0 Å². The van der Waals surface area contributed by atoms with Gasteiger partial charge in [-0.1, -0.05) is 196 Å². The Balaban J connectivity index is 1.02. The van der Waals surface area contributed by atoms with Gasteiger partial charge in [0.1, 0.15) is 5.82 Å². The van der Waals surface area contributed by atoms with Crippen molar-refractivity contribution < 1.29 is 0 Å². The van der Waals surface area contributed by atoms with E-state index in [1.54, 1.807) is 0 Å². The molecule has 1 unspecified atom stereocenters. The van der Waals surface area contributed by atoms with Gasteiger partial charge >= 0.3 is 0 Å². The molecule has 8 heteroatoms. The molecule has 0 spiro atoms. The molecule has 1 atom stereocenters. The Kier molecular flexibility index (Phi) is 9.20. The fraction of sp³-hybridized carbons (Fsp3) is 0.0794. The van der Waals surface area contributed by atoms with Crippen LogP contribution in [0.15, 0.2) is 212 Å². The van der Waals surface area contributed by atoms with Crippen molar-refractivity contribution in [1.82, 2.24) is 39.0 Å². The average Bonchev–Trinajstić information content (AvgIpc) is 4.04. The average molecular weight is 913 g/mol. The van der Waals surface area contributed by atoms with Crippen LogP contribution in [0.1, 0.15) is 43.1 Å². The van der Waals surface area contributed by atoms with Crippen molar-refractivity contribution in [2.75, 3.05) is 0 Å². The molecule has 8 aromatic carbocycles. The van der Waals surface area contributed by atoms with Crippen LogP contribution in [-0.4, -0.2) is 39.0 Å². The number of allylic oxidation sites excluding steroid dienone is 4. The molecule has 71 heavy (non-hydrogen) atoms. The first-order chi connectivity index (χ1) is 35.0. The van der Waals surface area contributed by atoms with E-state index in [0.717, 1.165) is 83.8 Å². The summed E-state index contributed by atoms with van der Waals surface area (Å²) >= 11 is 0. The molecule has 12 aromatic rings. The number of aromatic nitrogens is 8. The van der Waals surface area contributed by atoms with Crippen LogP contribution in [0.2, 0.25) is 0 Å². The van der Waals surface area contributed by atoms with E-state index >= 15 is 0 Å². The lowest BCUT2D eigenvalue weighted by atomic mass is 9.82. The number of rotatable bonds is 7. The molecule has 0 radical (unpaired) electrons. The molecule has 0 N–H and O–H groups in total. The minimum atomic E-state index is -0.182. The van der Waals surface area contributed by atoms with Gasteiger partial charge < -0.3 is 4.57 Å². The zero-order valence-electron chi connectivity index (χ0n) is 39.1. The predicted octanol–water partition coefficient (Wildman–Crippen LogP) is 14.8. The summed E-state index contributed by atoms with van der Waals surface area (Å²) < 4.78 is 4.67. The van der Waals surface area contributed by atoms with Crippen LogP contribution in [0, 0.1) is 0 Å². The summed E-state index contributed by atoms with van der Waals surface area (Å²) in [4.78, 5) is 31.6. The fourth-order valence-corrected chi connectivity index (χ4v) is 11.1. The Bertz CT molecular complexity index is 4120. The second-order valence-corrected chi connectivity index (χ2v) is 19.1. The fourth-order valence-electron chi connectivity index (χ4n) is 11.1. The van der Waals surface area contributed by atoms with Gasteiger partial charge in [-0.05, 0) is 59.0 Å². The van der Waals surface area contributed by atoms with Crippen LogP contribution < -0.4 is 0 Å². The molecule has 14 rings (SSSR count). The van der Waals surface area contributed by atoms with E-state index in [-0.39, 0.29) is 11.3 Å². The summed E-state index contributed by atoms with van der Waals surface area (Å²) in [7, 11) is 0. The van der Waals surface area contributed by atoms with Gasteiger partial charge in [0.05, 0.1) is 22.1 Å². The molecule has 0 fully saturated rings. The third-order valence-corrected chi connectivity index (χ3v) is 14.5. The molecular weight excluding hydrogens is 869 g/mol. The first kappa shape index (κ1) is 40.9. The van der Waals surface area contributed by atoms with E-state index in [4.69, 9.17) is 29.9 Å². The number of benzene rings is 8. The lowest BCUT2D eigenvalue weighted by Crippen LogP contribution is -2.15. The summed E-state index contributed by atoms with van der Waals surface area (Å²) in [5, 5.41) is 4.48. The molecular formula is C63H44N8. The summed E-state index contributed by atoms with van der Waals surface area (Å²) in [6.45, 7) is 4.63. The molecule has 0 saturated carbocycles. The number of fused-ring (bicyclic) bond motifs is 10. The SMILES string of the molecule is CC1(C)c2ccccc2-c2ccc(-c3nc(C4C=CC=CC4)nc(-n4c5ccccc5c5ccc6c7ccccc7n(-c7cccc(-c8nc(-c9ccccc9)nc(-c9ccccc9)n8)c7)c6c54)n3)cc21. The van der Waals surface area contributed by atoms with E-state index in [0.29, 0.717) is 29.2 Å². The summed E-state index contributed by atoms with van der Waals surface area (Å²) in [6, 6.07) is 66.1. The number of hydrogen-bond acceptors (Lipinski definition) is 6. The van der Waals surface area contributed by atoms with Gasteiger partial charge in [-0.15, -0.1) is 0 Å². The monoisotopic (exact) mass is 912 g/mol. The summed E-state index contributed by atoms with van der Waals surface area (Å²) in [5.74, 6) is 3.78. The van der Waals surface area contributed by atoms with Crippen LogP contribution in [0.25, 0.3) is 112 Å². The minimum Gasteiger partial charge on any atom is -0.307 e. The molecule has 336 valence electrons. The number of para-hydroxylation sites is 2. The van der Waals surface area contributed by atoms with Crippen molar-refractivity contribution in [3.63, 3.8) is 0 Å². The van der Waals surface area contributed by atoms with E-state index < -0.39 is 0 Å². The van der Waals surface area contributed by atoms with Crippen LogP contribution in [0.4, 0.5) is 0 Å². The third kappa shape index (κ3) is 6.52.